The SMILES string of the molecule is CCCC1CCc2nc3ccccc3c(C(=O)O)c2C1. The van der Waals surface area contributed by atoms with Crippen molar-refractivity contribution in [1.29, 1.82) is 0 Å². The number of rotatable bonds is 3. The third-order valence-electron chi connectivity index (χ3n) is 4.27. The number of hydrogen-bond donors (Lipinski definition) is 1. The number of fused-ring (bicyclic) bond motifs is 2. The van der Waals surface area contributed by atoms with Crippen LogP contribution in [0.4, 0.5) is 0 Å². The second-order valence-electron chi connectivity index (χ2n) is 5.63. The predicted molar refractivity (Wildman–Crippen MR) is 79.1 cm³/mol. The van der Waals surface area contributed by atoms with E-state index in [1.54, 1.807) is 0 Å². The quantitative estimate of drug-likeness (QED) is 0.921. The summed E-state index contributed by atoms with van der Waals surface area (Å²) in [6.45, 7) is 2.19. The second-order valence-corrected chi connectivity index (χ2v) is 5.63. The first-order valence-corrected chi connectivity index (χ1v) is 7.34. The summed E-state index contributed by atoms with van der Waals surface area (Å²) in [7, 11) is 0. The normalized spacial score (nSPS) is 17.9. The lowest BCUT2D eigenvalue weighted by atomic mass is 9.81. The van der Waals surface area contributed by atoms with E-state index in [1.165, 1.54) is 6.42 Å². The molecule has 1 atom stereocenters. The van der Waals surface area contributed by atoms with Crippen LogP contribution in [0.3, 0.4) is 0 Å². The van der Waals surface area contributed by atoms with Crippen molar-refractivity contribution in [3.8, 4) is 0 Å². The minimum atomic E-state index is -0.822. The highest BCUT2D eigenvalue weighted by Gasteiger charge is 2.26. The van der Waals surface area contributed by atoms with E-state index in [0.29, 0.717) is 11.5 Å². The zero-order chi connectivity index (χ0) is 14.1. The fraction of sp³-hybridized carbons (Fsp3) is 0.412. The van der Waals surface area contributed by atoms with Gasteiger partial charge in [-0.25, -0.2) is 4.79 Å². The summed E-state index contributed by atoms with van der Waals surface area (Å²) in [5, 5.41) is 10.4. The molecule has 0 bridgehead atoms. The molecule has 1 aromatic carbocycles. The third kappa shape index (κ3) is 2.17. The van der Waals surface area contributed by atoms with Crippen molar-refractivity contribution >= 4 is 16.9 Å². The summed E-state index contributed by atoms with van der Waals surface area (Å²) in [4.78, 5) is 16.4. The smallest absolute Gasteiger partial charge is 0.336 e. The van der Waals surface area contributed by atoms with Crippen molar-refractivity contribution in [2.45, 2.75) is 39.0 Å². The zero-order valence-electron chi connectivity index (χ0n) is 11.7. The van der Waals surface area contributed by atoms with Crippen LogP contribution in [0.15, 0.2) is 24.3 Å². The van der Waals surface area contributed by atoms with Crippen LogP contribution in [-0.2, 0) is 12.8 Å². The van der Waals surface area contributed by atoms with Crippen molar-refractivity contribution in [2.24, 2.45) is 5.92 Å². The van der Waals surface area contributed by atoms with Crippen LogP contribution in [0.25, 0.3) is 10.9 Å². The Balaban J connectivity index is 2.18. The maximum atomic E-state index is 11.7. The molecule has 3 nitrogen and oxygen atoms in total. The molecule has 104 valence electrons. The Bertz CT molecular complexity index is 663. The van der Waals surface area contributed by atoms with E-state index in [0.717, 1.165) is 47.8 Å². The number of pyridine rings is 1. The minimum Gasteiger partial charge on any atom is -0.478 e. The summed E-state index contributed by atoms with van der Waals surface area (Å²) in [6, 6.07) is 7.57. The van der Waals surface area contributed by atoms with E-state index in [4.69, 9.17) is 4.98 Å². The van der Waals surface area contributed by atoms with E-state index in [2.05, 4.69) is 6.92 Å². The molecular formula is C17H19NO2. The van der Waals surface area contributed by atoms with Gasteiger partial charge in [0.05, 0.1) is 11.1 Å². The standard InChI is InChI=1S/C17H19NO2/c1-2-5-11-8-9-15-13(10-11)16(17(19)20)12-6-3-4-7-14(12)18-15/h3-4,6-7,11H,2,5,8-10H2,1H3,(H,19,20). The van der Waals surface area contributed by atoms with E-state index < -0.39 is 5.97 Å². The lowest BCUT2D eigenvalue weighted by Crippen LogP contribution is -2.19. The van der Waals surface area contributed by atoms with Gasteiger partial charge in [-0.05, 0) is 36.8 Å². The van der Waals surface area contributed by atoms with Crippen LogP contribution in [0.2, 0.25) is 0 Å². The number of carboxylic acids is 1. The maximum absolute atomic E-state index is 11.7. The number of para-hydroxylation sites is 1. The highest BCUT2D eigenvalue weighted by Crippen LogP contribution is 2.33. The summed E-state index contributed by atoms with van der Waals surface area (Å²) in [5.74, 6) is -0.217. The molecule has 2 aromatic rings. The van der Waals surface area contributed by atoms with Gasteiger partial charge in [0.2, 0.25) is 0 Å². The number of aromatic nitrogens is 1. The molecular weight excluding hydrogens is 250 g/mol. The Morgan fingerprint density at radius 1 is 1.40 bits per heavy atom. The van der Waals surface area contributed by atoms with Crippen LogP contribution in [-0.4, -0.2) is 16.1 Å². The first-order chi connectivity index (χ1) is 9.70. The number of nitrogens with zero attached hydrogens (tertiary/aromatic N) is 1. The molecule has 0 radical (unpaired) electrons. The molecule has 1 N–H and O–H groups in total. The Morgan fingerprint density at radius 2 is 2.20 bits per heavy atom. The Kier molecular flexibility index (Phi) is 3.43. The zero-order valence-corrected chi connectivity index (χ0v) is 11.7. The van der Waals surface area contributed by atoms with Gasteiger partial charge < -0.3 is 5.11 Å². The minimum absolute atomic E-state index is 0.478. The van der Waals surface area contributed by atoms with Gasteiger partial charge in [0, 0.05) is 11.1 Å². The van der Waals surface area contributed by atoms with Crippen molar-refractivity contribution < 1.29 is 9.90 Å². The fourth-order valence-corrected chi connectivity index (χ4v) is 3.36. The lowest BCUT2D eigenvalue weighted by Gasteiger charge is -2.25. The molecule has 20 heavy (non-hydrogen) atoms. The van der Waals surface area contributed by atoms with Crippen LogP contribution >= 0.6 is 0 Å². The number of carbonyl (C=O) groups is 1. The number of aromatic carboxylic acids is 1. The molecule has 0 amide bonds. The number of carboxylic acid groups (broad SMARTS) is 1. The third-order valence-corrected chi connectivity index (χ3v) is 4.27. The molecule has 1 unspecified atom stereocenters. The van der Waals surface area contributed by atoms with Crippen molar-refractivity contribution in [3.05, 3.63) is 41.1 Å². The van der Waals surface area contributed by atoms with Crippen molar-refractivity contribution in [2.75, 3.05) is 0 Å². The molecule has 3 heteroatoms. The Hall–Kier alpha value is -1.90. The van der Waals surface area contributed by atoms with Crippen LogP contribution in [0.5, 0.6) is 0 Å². The molecule has 1 aliphatic carbocycles. The molecule has 0 saturated heterocycles. The highest BCUT2D eigenvalue weighted by molar-refractivity contribution is 6.04. The van der Waals surface area contributed by atoms with Gasteiger partial charge in [-0.3, -0.25) is 4.98 Å². The van der Waals surface area contributed by atoms with E-state index in [1.807, 2.05) is 24.3 Å². The molecule has 3 rings (SSSR count). The number of benzene rings is 1. The van der Waals surface area contributed by atoms with E-state index in [-0.39, 0.29) is 0 Å². The first-order valence-electron chi connectivity index (χ1n) is 7.34. The predicted octanol–water partition coefficient (Wildman–Crippen LogP) is 3.84. The molecule has 0 aliphatic heterocycles. The molecule has 0 fully saturated rings. The van der Waals surface area contributed by atoms with Crippen LogP contribution in [0, 0.1) is 5.92 Å². The molecule has 1 heterocycles. The fourth-order valence-electron chi connectivity index (χ4n) is 3.36. The second kappa shape index (κ2) is 5.23. The average molecular weight is 269 g/mol. The lowest BCUT2D eigenvalue weighted by molar-refractivity contribution is 0.0697. The van der Waals surface area contributed by atoms with Gasteiger partial charge in [0.25, 0.3) is 0 Å². The summed E-state index contributed by atoms with van der Waals surface area (Å²) >= 11 is 0. The van der Waals surface area contributed by atoms with Crippen molar-refractivity contribution in [3.63, 3.8) is 0 Å². The van der Waals surface area contributed by atoms with Gasteiger partial charge in [-0.2, -0.15) is 0 Å². The monoisotopic (exact) mass is 269 g/mol. The molecule has 1 aliphatic rings. The van der Waals surface area contributed by atoms with Gasteiger partial charge in [-0.15, -0.1) is 0 Å². The van der Waals surface area contributed by atoms with E-state index in [9.17, 15) is 9.90 Å². The largest absolute Gasteiger partial charge is 0.478 e. The molecule has 0 spiro atoms. The maximum Gasteiger partial charge on any atom is 0.336 e. The van der Waals surface area contributed by atoms with Crippen molar-refractivity contribution in [1.82, 2.24) is 4.98 Å². The van der Waals surface area contributed by atoms with Crippen LogP contribution in [0.1, 0.15) is 47.8 Å². The topological polar surface area (TPSA) is 50.2 Å². The first kappa shape index (κ1) is 13.1. The van der Waals surface area contributed by atoms with Gasteiger partial charge in [0.15, 0.2) is 0 Å². The summed E-state index contributed by atoms with van der Waals surface area (Å²) in [6.07, 6.45) is 5.23. The number of hydrogen-bond acceptors (Lipinski definition) is 2. The van der Waals surface area contributed by atoms with Gasteiger partial charge in [-0.1, -0.05) is 38.0 Å². The van der Waals surface area contributed by atoms with E-state index >= 15 is 0 Å². The van der Waals surface area contributed by atoms with Gasteiger partial charge in [0.1, 0.15) is 0 Å². The highest BCUT2D eigenvalue weighted by atomic mass is 16.4. The molecule has 1 aromatic heterocycles. The summed E-state index contributed by atoms with van der Waals surface area (Å²) < 4.78 is 0. The van der Waals surface area contributed by atoms with Crippen LogP contribution < -0.4 is 0 Å². The Morgan fingerprint density at radius 3 is 2.95 bits per heavy atom. The van der Waals surface area contributed by atoms with Gasteiger partial charge >= 0.3 is 5.97 Å². The average Bonchev–Trinajstić information content (AvgIpc) is 2.44. The Labute approximate surface area is 118 Å². The summed E-state index contributed by atoms with van der Waals surface area (Å²) in [5.41, 5.74) is 3.25. The number of aryl methyl sites for hydroxylation is 1. The molecule has 0 saturated carbocycles.